The molecule has 0 aromatic rings. The summed E-state index contributed by atoms with van der Waals surface area (Å²) >= 11 is 0. The molecule has 1 fully saturated rings. The molecule has 2 atom stereocenters. The Kier molecular flexibility index (Phi) is 5.21. The van der Waals surface area contributed by atoms with Gasteiger partial charge >= 0.3 is 0 Å². The lowest BCUT2D eigenvalue weighted by atomic mass is 9.85. The molecule has 0 radical (unpaired) electrons. The van der Waals surface area contributed by atoms with Crippen molar-refractivity contribution in [1.82, 2.24) is 10.2 Å². The van der Waals surface area contributed by atoms with E-state index >= 15 is 0 Å². The normalized spacial score (nSPS) is 27.4. The monoisotopic (exact) mass is 276 g/mol. The third kappa shape index (κ3) is 5.24. The van der Waals surface area contributed by atoms with E-state index in [0.717, 1.165) is 26.1 Å². The van der Waals surface area contributed by atoms with Crippen LogP contribution >= 0.6 is 0 Å². The van der Waals surface area contributed by atoms with Crippen LogP contribution in [-0.2, 0) is 9.84 Å². The van der Waals surface area contributed by atoms with Gasteiger partial charge in [-0.2, -0.15) is 0 Å². The zero-order valence-electron chi connectivity index (χ0n) is 12.4. The third-order valence-electron chi connectivity index (χ3n) is 3.71. The Morgan fingerprint density at radius 1 is 1.33 bits per heavy atom. The van der Waals surface area contributed by atoms with Gasteiger partial charge in [-0.3, -0.25) is 4.90 Å². The van der Waals surface area contributed by atoms with Crippen LogP contribution in [0.2, 0.25) is 0 Å². The zero-order chi connectivity index (χ0) is 14.0. The number of rotatable bonds is 4. The van der Waals surface area contributed by atoms with Crippen molar-refractivity contribution in [3.8, 4) is 0 Å². The highest BCUT2D eigenvalue weighted by molar-refractivity contribution is 7.90. The van der Waals surface area contributed by atoms with Crippen molar-refractivity contribution in [2.75, 3.05) is 31.6 Å². The second kappa shape index (κ2) is 5.88. The minimum absolute atomic E-state index is 0.245. The van der Waals surface area contributed by atoms with E-state index in [4.69, 9.17) is 0 Å². The average molecular weight is 276 g/mol. The SMILES string of the molecule is CC1CNC(C(C)(C)C)CN1CCCS(C)(=O)=O. The summed E-state index contributed by atoms with van der Waals surface area (Å²) in [7, 11) is -2.83. The van der Waals surface area contributed by atoms with E-state index in [-0.39, 0.29) is 5.41 Å². The lowest BCUT2D eigenvalue weighted by Gasteiger charge is -2.44. The molecule has 0 aromatic heterocycles. The molecule has 0 aromatic carbocycles. The molecule has 1 aliphatic rings. The van der Waals surface area contributed by atoms with Crippen molar-refractivity contribution in [2.24, 2.45) is 5.41 Å². The summed E-state index contributed by atoms with van der Waals surface area (Å²) < 4.78 is 22.3. The van der Waals surface area contributed by atoms with E-state index in [9.17, 15) is 8.42 Å². The molecule has 0 bridgehead atoms. The van der Waals surface area contributed by atoms with Crippen LogP contribution in [0.3, 0.4) is 0 Å². The van der Waals surface area contributed by atoms with Gasteiger partial charge in [0.25, 0.3) is 0 Å². The Morgan fingerprint density at radius 3 is 2.44 bits per heavy atom. The van der Waals surface area contributed by atoms with Gasteiger partial charge in [-0.25, -0.2) is 8.42 Å². The molecule has 1 heterocycles. The summed E-state index contributed by atoms with van der Waals surface area (Å²) in [6, 6.07) is 0.968. The first-order chi connectivity index (χ1) is 8.09. The number of sulfone groups is 1. The van der Waals surface area contributed by atoms with Gasteiger partial charge in [-0.1, -0.05) is 20.8 Å². The quantitative estimate of drug-likeness (QED) is 0.836. The fourth-order valence-electron chi connectivity index (χ4n) is 2.34. The number of piperazine rings is 1. The number of nitrogens with one attached hydrogen (secondary N) is 1. The fourth-order valence-corrected chi connectivity index (χ4v) is 3.00. The first-order valence-corrected chi connectivity index (χ1v) is 8.81. The Balaban J connectivity index is 2.48. The maximum atomic E-state index is 11.1. The molecule has 18 heavy (non-hydrogen) atoms. The van der Waals surface area contributed by atoms with Crippen molar-refractivity contribution in [3.05, 3.63) is 0 Å². The summed E-state index contributed by atoms with van der Waals surface area (Å²) in [5, 5.41) is 3.59. The maximum Gasteiger partial charge on any atom is 0.147 e. The highest BCUT2D eigenvalue weighted by Crippen LogP contribution is 2.23. The van der Waals surface area contributed by atoms with Crippen LogP contribution < -0.4 is 5.32 Å². The highest BCUT2D eigenvalue weighted by atomic mass is 32.2. The first-order valence-electron chi connectivity index (χ1n) is 6.75. The smallest absolute Gasteiger partial charge is 0.147 e. The number of nitrogens with zero attached hydrogens (tertiary/aromatic N) is 1. The summed E-state index contributed by atoms with van der Waals surface area (Å²) in [6.45, 7) is 11.8. The van der Waals surface area contributed by atoms with E-state index in [2.05, 4.69) is 37.9 Å². The Morgan fingerprint density at radius 2 is 1.94 bits per heavy atom. The van der Waals surface area contributed by atoms with Crippen molar-refractivity contribution < 1.29 is 8.42 Å². The number of hydrogen-bond acceptors (Lipinski definition) is 4. The van der Waals surface area contributed by atoms with Crippen LogP contribution in [0.25, 0.3) is 0 Å². The van der Waals surface area contributed by atoms with Crippen molar-refractivity contribution >= 4 is 9.84 Å². The molecule has 4 nitrogen and oxygen atoms in total. The van der Waals surface area contributed by atoms with E-state index in [0.29, 0.717) is 17.8 Å². The minimum Gasteiger partial charge on any atom is -0.311 e. The summed E-state index contributed by atoms with van der Waals surface area (Å²) in [6.07, 6.45) is 2.05. The van der Waals surface area contributed by atoms with Gasteiger partial charge in [-0.15, -0.1) is 0 Å². The standard InChI is InChI=1S/C13H28N2O2S/c1-11-9-14-12(13(2,3)4)10-15(11)7-6-8-18(5,16)17/h11-12,14H,6-10H2,1-5H3. The predicted molar refractivity (Wildman–Crippen MR) is 76.6 cm³/mol. The van der Waals surface area contributed by atoms with Gasteiger partial charge in [0, 0.05) is 31.4 Å². The van der Waals surface area contributed by atoms with E-state index < -0.39 is 9.84 Å². The second-order valence-electron chi connectivity index (χ2n) is 6.65. The molecule has 0 spiro atoms. The van der Waals surface area contributed by atoms with Crippen molar-refractivity contribution in [3.63, 3.8) is 0 Å². The molecule has 1 saturated heterocycles. The lowest BCUT2D eigenvalue weighted by Crippen LogP contribution is -2.59. The van der Waals surface area contributed by atoms with Crippen LogP contribution in [0.15, 0.2) is 0 Å². The molecule has 0 saturated carbocycles. The van der Waals surface area contributed by atoms with E-state index in [1.54, 1.807) is 0 Å². The van der Waals surface area contributed by atoms with Crippen molar-refractivity contribution in [2.45, 2.75) is 46.2 Å². The van der Waals surface area contributed by atoms with E-state index in [1.807, 2.05) is 0 Å². The van der Waals surface area contributed by atoms with Gasteiger partial charge in [-0.05, 0) is 25.3 Å². The minimum atomic E-state index is -2.83. The molecule has 1 rings (SSSR count). The zero-order valence-corrected chi connectivity index (χ0v) is 13.2. The van der Waals surface area contributed by atoms with Crippen LogP contribution in [0.5, 0.6) is 0 Å². The van der Waals surface area contributed by atoms with Gasteiger partial charge in [0.2, 0.25) is 0 Å². The molecule has 0 amide bonds. The van der Waals surface area contributed by atoms with Gasteiger partial charge in [0.05, 0.1) is 5.75 Å². The molecule has 0 aliphatic carbocycles. The lowest BCUT2D eigenvalue weighted by molar-refractivity contribution is 0.0940. The van der Waals surface area contributed by atoms with Crippen LogP contribution in [-0.4, -0.2) is 57.0 Å². The first kappa shape index (κ1) is 15.9. The summed E-state index contributed by atoms with van der Waals surface area (Å²) in [5.74, 6) is 0.295. The second-order valence-corrected chi connectivity index (χ2v) is 8.91. The van der Waals surface area contributed by atoms with Gasteiger partial charge in [0.1, 0.15) is 9.84 Å². The van der Waals surface area contributed by atoms with Crippen LogP contribution in [0, 0.1) is 5.41 Å². The van der Waals surface area contributed by atoms with Gasteiger partial charge in [0.15, 0.2) is 0 Å². The average Bonchev–Trinajstić information content (AvgIpc) is 2.17. The largest absolute Gasteiger partial charge is 0.311 e. The Labute approximate surface area is 112 Å². The summed E-state index contributed by atoms with van der Waals surface area (Å²) in [5.41, 5.74) is 0.245. The Hall–Kier alpha value is -0.130. The molecule has 1 N–H and O–H groups in total. The number of hydrogen-bond donors (Lipinski definition) is 1. The molecule has 2 unspecified atom stereocenters. The van der Waals surface area contributed by atoms with Crippen LogP contribution in [0.1, 0.15) is 34.1 Å². The molecule has 5 heteroatoms. The van der Waals surface area contributed by atoms with Crippen LogP contribution in [0.4, 0.5) is 0 Å². The molecular weight excluding hydrogens is 248 g/mol. The fraction of sp³-hybridized carbons (Fsp3) is 1.00. The topological polar surface area (TPSA) is 49.4 Å². The molecular formula is C13H28N2O2S. The third-order valence-corrected chi connectivity index (χ3v) is 4.74. The summed E-state index contributed by atoms with van der Waals surface area (Å²) in [4.78, 5) is 2.41. The van der Waals surface area contributed by atoms with Gasteiger partial charge < -0.3 is 5.32 Å². The molecule has 108 valence electrons. The Bertz CT molecular complexity index is 360. The highest BCUT2D eigenvalue weighted by Gasteiger charge is 2.31. The predicted octanol–water partition coefficient (Wildman–Crippen LogP) is 1.13. The molecule has 1 aliphatic heterocycles. The maximum absolute atomic E-state index is 11.1. The van der Waals surface area contributed by atoms with E-state index in [1.165, 1.54) is 6.26 Å². The van der Waals surface area contributed by atoms with Crippen molar-refractivity contribution in [1.29, 1.82) is 0 Å².